The third kappa shape index (κ3) is 0.864. The molecule has 0 fully saturated rings. The number of anilines is 1. The Balaban J connectivity index is 2.77. The van der Waals surface area contributed by atoms with Gasteiger partial charge in [0.05, 0.1) is 11.9 Å². The largest absolute Gasteiger partial charge is 0.396 e. The Labute approximate surface area is 68.1 Å². The standard InChI is InChI=1S/C7H5N5/c8-1-6-4-12-3-5(9)2-10-7(12)11-6/h2-4H,9H2. The molecule has 58 valence electrons. The molecule has 2 rings (SSSR count). The van der Waals surface area contributed by atoms with Gasteiger partial charge in [-0.2, -0.15) is 10.2 Å². The first-order chi connectivity index (χ1) is 5.79. The number of fused-ring (bicyclic) bond motifs is 1. The number of hydrogen-bond acceptors (Lipinski definition) is 4. The van der Waals surface area contributed by atoms with Crippen molar-refractivity contribution in [3.05, 3.63) is 24.3 Å². The van der Waals surface area contributed by atoms with E-state index in [2.05, 4.69) is 9.97 Å². The minimum Gasteiger partial charge on any atom is -0.396 e. The van der Waals surface area contributed by atoms with Gasteiger partial charge in [-0.05, 0) is 0 Å². The van der Waals surface area contributed by atoms with Gasteiger partial charge in [0.2, 0.25) is 5.78 Å². The monoisotopic (exact) mass is 159 g/mol. The van der Waals surface area contributed by atoms with Gasteiger partial charge >= 0.3 is 0 Å². The fraction of sp³-hybridized carbons (Fsp3) is 0. The summed E-state index contributed by atoms with van der Waals surface area (Å²) in [4.78, 5) is 7.83. The predicted octanol–water partition coefficient (Wildman–Crippen LogP) is 0.183. The number of nitriles is 1. The zero-order valence-electron chi connectivity index (χ0n) is 6.10. The topological polar surface area (TPSA) is 80.0 Å². The van der Waals surface area contributed by atoms with Crippen molar-refractivity contribution in [2.24, 2.45) is 0 Å². The first kappa shape index (κ1) is 6.61. The zero-order valence-corrected chi connectivity index (χ0v) is 6.10. The molecule has 0 saturated carbocycles. The number of imidazole rings is 1. The van der Waals surface area contributed by atoms with Gasteiger partial charge in [0.1, 0.15) is 6.07 Å². The Bertz CT molecular complexity index is 464. The third-order valence-electron chi connectivity index (χ3n) is 1.44. The summed E-state index contributed by atoms with van der Waals surface area (Å²) in [5, 5.41) is 8.52. The molecule has 0 amide bonds. The SMILES string of the molecule is N#Cc1cn2cc(N)cnc2n1. The molecule has 0 bridgehead atoms. The Morgan fingerprint density at radius 3 is 3.08 bits per heavy atom. The Hall–Kier alpha value is -2.09. The zero-order chi connectivity index (χ0) is 8.55. The van der Waals surface area contributed by atoms with E-state index >= 15 is 0 Å². The van der Waals surface area contributed by atoms with Gasteiger partial charge in [0.25, 0.3) is 0 Å². The highest BCUT2D eigenvalue weighted by Crippen LogP contribution is 2.04. The fourth-order valence-corrected chi connectivity index (χ4v) is 0.954. The molecule has 0 aromatic carbocycles. The second-order valence-corrected chi connectivity index (χ2v) is 2.33. The quantitative estimate of drug-likeness (QED) is 0.594. The van der Waals surface area contributed by atoms with Crippen LogP contribution in [0, 0.1) is 11.3 Å². The molecule has 12 heavy (non-hydrogen) atoms. The summed E-state index contributed by atoms with van der Waals surface area (Å²) in [6, 6.07) is 1.92. The highest BCUT2D eigenvalue weighted by atomic mass is 15.1. The second kappa shape index (κ2) is 2.20. The lowest BCUT2D eigenvalue weighted by atomic mass is 10.5. The maximum atomic E-state index is 8.52. The summed E-state index contributed by atoms with van der Waals surface area (Å²) in [5.41, 5.74) is 6.37. The van der Waals surface area contributed by atoms with E-state index in [-0.39, 0.29) is 0 Å². The van der Waals surface area contributed by atoms with Crippen LogP contribution in [0.3, 0.4) is 0 Å². The minimum absolute atomic E-state index is 0.341. The smallest absolute Gasteiger partial charge is 0.235 e. The molecule has 5 nitrogen and oxygen atoms in total. The van der Waals surface area contributed by atoms with E-state index < -0.39 is 0 Å². The molecular formula is C7H5N5. The van der Waals surface area contributed by atoms with E-state index in [4.69, 9.17) is 11.0 Å². The first-order valence-corrected chi connectivity index (χ1v) is 3.30. The lowest BCUT2D eigenvalue weighted by Gasteiger charge is -1.91. The van der Waals surface area contributed by atoms with E-state index in [9.17, 15) is 0 Å². The second-order valence-electron chi connectivity index (χ2n) is 2.33. The summed E-state index contributed by atoms with van der Waals surface area (Å²) in [7, 11) is 0. The van der Waals surface area contributed by atoms with Crippen LogP contribution in [0.1, 0.15) is 5.69 Å². The van der Waals surface area contributed by atoms with Crippen molar-refractivity contribution in [3.63, 3.8) is 0 Å². The number of nitrogens with two attached hydrogens (primary N) is 1. The van der Waals surface area contributed by atoms with E-state index in [1.165, 1.54) is 6.20 Å². The molecule has 0 atom stereocenters. The maximum Gasteiger partial charge on any atom is 0.235 e. The molecule has 2 heterocycles. The van der Waals surface area contributed by atoms with Crippen LogP contribution in [0.2, 0.25) is 0 Å². The summed E-state index contributed by atoms with van der Waals surface area (Å²) in [6.45, 7) is 0. The van der Waals surface area contributed by atoms with Crippen LogP contribution >= 0.6 is 0 Å². The van der Waals surface area contributed by atoms with Gasteiger partial charge in [0, 0.05) is 12.4 Å². The van der Waals surface area contributed by atoms with Crippen molar-refractivity contribution in [2.45, 2.75) is 0 Å². The maximum absolute atomic E-state index is 8.52. The Morgan fingerprint density at radius 2 is 2.33 bits per heavy atom. The highest BCUT2D eigenvalue weighted by Gasteiger charge is 2.00. The van der Waals surface area contributed by atoms with Crippen LogP contribution in [-0.4, -0.2) is 14.4 Å². The third-order valence-corrected chi connectivity index (χ3v) is 1.44. The molecule has 2 aromatic rings. The van der Waals surface area contributed by atoms with Gasteiger partial charge in [-0.3, -0.25) is 4.40 Å². The van der Waals surface area contributed by atoms with Crippen molar-refractivity contribution >= 4 is 11.5 Å². The van der Waals surface area contributed by atoms with Crippen molar-refractivity contribution in [3.8, 4) is 6.07 Å². The number of rotatable bonds is 0. The van der Waals surface area contributed by atoms with Crippen molar-refractivity contribution < 1.29 is 0 Å². The highest BCUT2D eigenvalue weighted by molar-refractivity contribution is 5.41. The average Bonchev–Trinajstić information content (AvgIpc) is 2.46. The molecule has 0 spiro atoms. The minimum atomic E-state index is 0.341. The molecule has 0 radical (unpaired) electrons. The molecular weight excluding hydrogens is 154 g/mol. The van der Waals surface area contributed by atoms with Crippen LogP contribution in [0.25, 0.3) is 5.78 Å². The Morgan fingerprint density at radius 1 is 1.50 bits per heavy atom. The lowest BCUT2D eigenvalue weighted by molar-refractivity contribution is 1.11. The van der Waals surface area contributed by atoms with Gasteiger partial charge in [-0.15, -0.1) is 0 Å². The number of nitrogens with zero attached hydrogens (tertiary/aromatic N) is 4. The van der Waals surface area contributed by atoms with Gasteiger partial charge in [0.15, 0.2) is 5.69 Å². The molecule has 2 aromatic heterocycles. The molecule has 0 aliphatic rings. The predicted molar refractivity (Wildman–Crippen MR) is 42.1 cm³/mol. The fourth-order valence-electron chi connectivity index (χ4n) is 0.954. The van der Waals surface area contributed by atoms with E-state index in [0.717, 1.165) is 0 Å². The molecule has 0 aliphatic heterocycles. The van der Waals surface area contributed by atoms with Crippen LogP contribution in [0.5, 0.6) is 0 Å². The molecule has 5 heteroatoms. The van der Waals surface area contributed by atoms with Crippen LogP contribution < -0.4 is 5.73 Å². The van der Waals surface area contributed by atoms with Crippen LogP contribution in [-0.2, 0) is 0 Å². The normalized spacial score (nSPS) is 9.92. The van der Waals surface area contributed by atoms with Crippen molar-refractivity contribution in [1.82, 2.24) is 14.4 Å². The average molecular weight is 159 g/mol. The van der Waals surface area contributed by atoms with Gasteiger partial charge < -0.3 is 5.73 Å². The number of aromatic nitrogens is 3. The van der Waals surface area contributed by atoms with Gasteiger partial charge in [-0.1, -0.05) is 0 Å². The molecule has 0 saturated heterocycles. The summed E-state index contributed by atoms with van der Waals surface area (Å²) in [5.74, 6) is 0.487. The summed E-state index contributed by atoms with van der Waals surface area (Å²) < 4.78 is 1.62. The molecule has 0 aliphatic carbocycles. The van der Waals surface area contributed by atoms with E-state index in [1.54, 1.807) is 16.8 Å². The van der Waals surface area contributed by atoms with Crippen LogP contribution in [0.4, 0.5) is 5.69 Å². The lowest BCUT2D eigenvalue weighted by Crippen LogP contribution is -1.91. The van der Waals surface area contributed by atoms with Gasteiger partial charge in [-0.25, -0.2) is 4.98 Å². The van der Waals surface area contributed by atoms with Crippen molar-refractivity contribution in [2.75, 3.05) is 5.73 Å². The first-order valence-electron chi connectivity index (χ1n) is 3.30. The number of hydrogen-bond donors (Lipinski definition) is 1. The van der Waals surface area contributed by atoms with Crippen LogP contribution in [0.15, 0.2) is 18.6 Å². The van der Waals surface area contributed by atoms with E-state index in [0.29, 0.717) is 17.2 Å². The van der Waals surface area contributed by atoms with E-state index in [1.807, 2.05) is 6.07 Å². The molecule has 2 N–H and O–H groups in total. The molecule has 0 unspecified atom stereocenters. The number of nitrogen functional groups attached to an aromatic ring is 1. The summed E-state index contributed by atoms with van der Waals surface area (Å²) in [6.07, 6.45) is 4.75. The Kier molecular flexibility index (Phi) is 1.21. The summed E-state index contributed by atoms with van der Waals surface area (Å²) >= 11 is 0. The van der Waals surface area contributed by atoms with Crippen molar-refractivity contribution in [1.29, 1.82) is 5.26 Å².